The number of fused-ring (bicyclic) bond motifs is 4. The van der Waals surface area contributed by atoms with E-state index < -0.39 is 34.3 Å². The summed E-state index contributed by atoms with van der Waals surface area (Å²) in [6, 6.07) is 31.6. The molecular weight excluding hydrogens is 802 g/mol. The lowest BCUT2D eigenvalue weighted by Gasteiger charge is -2.37. The monoisotopic (exact) mass is 836 g/mol. The van der Waals surface area contributed by atoms with Crippen LogP contribution in [0.1, 0.15) is 84.7 Å². The van der Waals surface area contributed by atoms with Gasteiger partial charge in [0, 0.05) is 51.8 Å². The van der Waals surface area contributed by atoms with Crippen LogP contribution >= 0.6 is 45.9 Å². The van der Waals surface area contributed by atoms with E-state index in [1.807, 2.05) is 48.5 Å². The largest absolute Gasteiger partial charge is 0.380 e. The number of rotatable bonds is 4. The van der Waals surface area contributed by atoms with Crippen LogP contribution in [0.4, 0.5) is 26.3 Å². The molecule has 0 aliphatic heterocycles. The first-order chi connectivity index (χ1) is 26.1. The summed E-state index contributed by atoms with van der Waals surface area (Å²) in [5.41, 5.74) is -1.07. The molecule has 6 aromatic rings. The number of hydrogen-bond acceptors (Lipinski definition) is 2. The van der Waals surface area contributed by atoms with E-state index in [0.29, 0.717) is 42.1 Å². The molecule has 2 aromatic heterocycles. The zero-order chi connectivity index (χ0) is 40.4. The van der Waals surface area contributed by atoms with E-state index >= 15 is 26.3 Å². The standard InChI is InChI=1S/C46H36Cl2F6S2/c1-41(2,3)27-11-15-29(16-12-27)43(30-17-13-28(14-18-30)42(4,5)6)39-33(23-35(55-39)25-7-19-31(47)20-8-25)37-38(45(51,52)46(53,54)44(37,49)50)34-24-36(56-40(34)43)26-9-21-32(48)22-10-26/h7-24H,1-6H3. The van der Waals surface area contributed by atoms with Gasteiger partial charge in [-0.25, -0.2) is 0 Å². The van der Waals surface area contributed by atoms with E-state index in [0.717, 1.165) is 33.8 Å². The molecule has 2 heterocycles. The summed E-state index contributed by atoms with van der Waals surface area (Å²) in [5, 5.41) is 0.868. The number of benzene rings is 4. The van der Waals surface area contributed by atoms with Crippen LogP contribution in [-0.4, -0.2) is 17.8 Å². The van der Waals surface area contributed by atoms with Crippen LogP contribution in [0, 0.1) is 0 Å². The van der Waals surface area contributed by atoms with Crippen LogP contribution in [0.2, 0.25) is 10.0 Å². The van der Waals surface area contributed by atoms with E-state index in [-0.39, 0.29) is 31.7 Å². The van der Waals surface area contributed by atoms with Crippen molar-refractivity contribution in [3.05, 3.63) is 162 Å². The van der Waals surface area contributed by atoms with E-state index in [9.17, 15) is 0 Å². The van der Waals surface area contributed by atoms with Gasteiger partial charge in [0.1, 0.15) is 0 Å². The zero-order valence-corrected chi connectivity index (χ0v) is 34.4. The highest BCUT2D eigenvalue weighted by Crippen LogP contribution is 2.70. The first-order valence-electron chi connectivity index (χ1n) is 18.0. The Morgan fingerprint density at radius 2 is 0.786 bits per heavy atom. The number of hydrogen-bond donors (Lipinski definition) is 0. The molecule has 0 N–H and O–H groups in total. The maximum Gasteiger partial charge on any atom is 0.380 e. The van der Waals surface area contributed by atoms with Gasteiger partial charge in [0.25, 0.3) is 0 Å². The zero-order valence-electron chi connectivity index (χ0n) is 31.2. The SMILES string of the molecule is CC(C)(C)c1ccc(C2(c3ccc(C(C)(C)C)cc3)c3sc(-c4ccc(Cl)cc4)cc3C3=C(c4cc(-c5ccc(Cl)cc5)sc42)C(F)(F)C(F)(F)C3(F)F)cc1. The number of halogens is 8. The van der Waals surface area contributed by atoms with Crippen molar-refractivity contribution in [3.63, 3.8) is 0 Å². The van der Waals surface area contributed by atoms with Gasteiger partial charge in [0.15, 0.2) is 0 Å². The molecule has 0 unspecified atom stereocenters. The summed E-state index contributed by atoms with van der Waals surface area (Å²) in [6.07, 6.45) is 0. The van der Waals surface area contributed by atoms with Gasteiger partial charge in [0.2, 0.25) is 0 Å². The highest BCUT2D eigenvalue weighted by Gasteiger charge is 2.81. The molecule has 0 saturated carbocycles. The summed E-state index contributed by atoms with van der Waals surface area (Å²) >= 11 is 14.7. The summed E-state index contributed by atoms with van der Waals surface area (Å²) in [6.45, 7) is 12.4. The molecule has 56 heavy (non-hydrogen) atoms. The lowest BCUT2D eigenvalue weighted by molar-refractivity contribution is -0.254. The van der Waals surface area contributed by atoms with Gasteiger partial charge in [0.05, 0.1) is 5.41 Å². The first-order valence-corrected chi connectivity index (χ1v) is 20.4. The van der Waals surface area contributed by atoms with Crippen molar-refractivity contribution in [2.24, 2.45) is 0 Å². The molecule has 288 valence electrons. The smallest absolute Gasteiger partial charge is 0.194 e. The molecule has 2 aliphatic carbocycles. The molecular formula is C46H36Cl2F6S2. The molecule has 0 atom stereocenters. The topological polar surface area (TPSA) is 0 Å². The van der Waals surface area contributed by atoms with Crippen molar-refractivity contribution < 1.29 is 26.3 Å². The Kier molecular flexibility index (Phi) is 8.95. The quantitative estimate of drug-likeness (QED) is 0.155. The second-order valence-electron chi connectivity index (χ2n) is 16.6. The van der Waals surface area contributed by atoms with E-state index in [4.69, 9.17) is 23.2 Å². The lowest BCUT2D eigenvalue weighted by atomic mass is 9.69. The van der Waals surface area contributed by atoms with E-state index in [1.54, 1.807) is 48.5 Å². The van der Waals surface area contributed by atoms with E-state index in [1.165, 1.54) is 12.1 Å². The third-order valence-electron chi connectivity index (χ3n) is 11.0. The summed E-state index contributed by atoms with van der Waals surface area (Å²) in [7, 11) is 0. The predicted octanol–water partition coefficient (Wildman–Crippen LogP) is 15.6. The molecule has 8 rings (SSSR count). The van der Waals surface area contributed by atoms with Gasteiger partial charge >= 0.3 is 17.8 Å². The number of alkyl halides is 6. The van der Waals surface area contributed by atoms with Gasteiger partial charge < -0.3 is 0 Å². The fourth-order valence-corrected chi connectivity index (χ4v) is 11.0. The molecule has 0 amide bonds. The van der Waals surface area contributed by atoms with Crippen LogP contribution in [0.3, 0.4) is 0 Å². The van der Waals surface area contributed by atoms with Gasteiger partial charge in [-0.1, -0.05) is 138 Å². The highest BCUT2D eigenvalue weighted by molar-refractivity contribution is 7.18. The molecule has 0 bridgehead atoms. The molecule has 0 radical (unpaired) electrons. The third kappa shape index (κ3) is 5.68. The van der Waals surface area contributed by atoms with Gasteiger partial charge in [-0.3, -0.25) is 0 Å². The summed E-state index contributed by atoms with van der Waals surface area (Å²) in [4.78, 5) is 1.34. The van der Waals surface area contributed by atoms with Crippen molar-refractivity contribution in [1.82, 2.24) is 0 Å². The first kappa shape index (κ1) is 39.0. The Morgan fingerprint density at radius 3 is 1.09 bits per heavy atom. The minimum atomic E-state index is -5.72. The Labute approximate surface area is 340 Å². The second kappa shape index (κ2) is 12.8. The van der Waals surface area contributed by atoms with Crippen LogP contribution < -0.4 is 0 Å². The number of thiophene rings is 2. The Balaban J connectivity index is 1.59. The van der Waals surface area contributed by atoms with Crippen molar-refractivity contribution in [2.75, 3.05) is 0 Å². The fraction of sp³-hybridized carbons (Fsp3) is 0.261. The molecule has 4 aromatic carbocycles. The third-order valence-corrected chi connectivity index (χ3v) is 14.1. The average Bonchev–Trinajstić information content (AvgIpc) is 3.77. The van der Waals surface area contributed by atoms with Crippen LogP contribution in [0.25, 0.3) is 32.0 Å². The highest BCUT2D eigenvalue weighted by atomic mass is 35.5. The lowest BCUT2D eigenvalue weighted by Crippen LogP contribution is -2.49. The van der Waals surface area contributed by atoms with E-state index in [2.05, 4.69) is 41.5 Å². The van der Waals surface area contributed by atoms with Crippen molar-refractivity contribution in [2.45, 2.75) is 75.6 Å². The summed E-state index contributed by atoms with van der Waals surface area (Å²) in [5.74, 6) is -16.2. The minimum absolute atomic E-state index is 0.235. The van der Waals surface area contributed by atoms with Crippen LogP contribution in [0.5, 0.6) is 0 Å². The van der Waals surface area contributed by atoms with Crippen molar-refractivity contribution in [3.8, 4) is 20.9 Å². The molecule has 0 nitrogen and oxygen atoms in total. The Bertz CT molecular complexity index is 2340. The maximum absolute atomic E-state index is 16.7. The molecule has 10 heteroatoms. The molecule has 0 fully saturated rings. The predicted molar refractivity (Wildman–Crippen MR) is 220 cm³/mol. The normalized spacial score (nSPS) is 18.0. The number of allylic oxidation sites excluding steroid dienone is 2. The fourth-order valence-electron chi connectivity index (χ4n) is 7.89. The summed E-state index contributed by atoms with van der Waals surface area (Å²) < 4.78 is 98.3. The van der Waals surface area contributed by atoms with Gasteiger partial charge in [-0.15, -0.1) is 22.7 Å². The van der Waals surface area contributed by atoms with Gasteiger partial charge in [-0.2, -0.15) is 26.3 Å². The molecule has 0 spiro atoms. The maximum atomic E-state index is 16.7. The average molecular weight is 838 g/mol. The van der Waals surface area contributed by atoms with Gasteiger partial charge in [-0.05, 0) is 80.6 Å². The van der Waals surface area contributed by atoms with Crippen molar-refractivity contribution >= 4 is 57.0 Å². The van der Waals surface area contributed by atoms with Crippen molar-refractivity contribution in [1.29, 1.82) is 0 Å². The Hall–Kier alpha value is -3.82. The Morgan fingerprint density at radius 1 is 0.464 bits per heavy atom. The van der Waals surface area contributed by atoms with Crippen LogP contribution in [0.15, 0.2) is 109 Å². The molecule has 2 aliphatic rings. The molecule has 0 saturated heterocycles. The van der Waals surface area contributed by atoms with Crippen LogP contribution in [-0.2, 0) is 16.2 Å². The minimum Gasteiger partial charge on any atom is -0.194 e. The second-order valence-corrected chi connectivity index (χ2v) is 19.6.